The number of hydrogen-bond acceptors (Lipinski definition) is 3. The number of hydrazine groups is 1. The second-order valence-electron chi connectivity index (χ2n) is 3.64. The van der Waals surface area contributed by atoms with E-state index in [1.807, 2.05) is 6.92 Å². The molecule has 0 radical (unpaired) electrons. The first-order valence-electron chi connectivity index (χ1n) is 4.67. The molecule has 1 amide bonds. The average Bonchev–Trinajstić information content (AvgIpc) is 2.10. The van der Waals surface area contributed by atoms with Crippen molar-refractivity contribution in [2.45, 2.75) is 39.7 Å². The summed E-state index contributed by atoms with van der Waals surface area (Å²) in [4.78, 5) is 10.8. The highest BCUT2D eigenvalue weighted by Crippen LogP contribution is 2.03. The zero-order valence-corrected chi connectivity index (χ0v) is 8.67. The highest BCUT2D eigenvalue weighted by molar-refractivity contribution is 5.75. The van der Waals surface area contributed by atoms with Gasteiger partial charge in [0.05, 0.1) is 6.10 Å². The van der Waals surface area contributed by atoms with Gasteiger partial charge in [-0.05, 0) is 19.3 Å². The number of hydrogen-bond donors (Lipinski definition) is 2. The molecule has 0 aliphatic carbocycles. The van der Waals surface area contributed by atoms with Crippen molar-refractivity contribution in [2.75, 3.05) is 6.61 Å². The van der Waals surface area contributed by atoms with Gasteiger partial charge in [-0.1, -0.05) is 13.8 Å². The summed E-state index contributed by atoms with van der Waals surface area (Å²) < 4.78 is 5.48. The molecular weight excluding hydrogens is 168 g/mol. The molecule has 0 heterocycles. The minimum Gasteiger partial charge on any atom is -0.378 e. The SMILES string of the molecule is CC(C)COC(C)CCC(=O)NN. The minimum atomic E-state index is -0.139. The smallest absolute Gasteiger partial charge is 0.233 e. The first-order valence-corrected chi connectivity index (χ1v) is 4.67. The van der Waals surface area contributed by atoms with E-state index >= 15 is 0 Å². The Hall–Kier alpha value is -0.610. The lowest BCUT2D eigenvalue weighted by atomic mass is 10.2. The van der Waals surface area contributed by atoms with Crippen LogP contribution in [0, 0.1) is 5.92 Å². The predicted molar refractivity (Wildman–Crippen MR) is 51.8 cm³/mol. The Kier molecular flexibility index (Phi) is 6.54. The fourth-order valence-corrected chi connectivity index (χ4v) is 0.847. The Bertz CT molecular complexity index is 149. The van der Waals surface area contributed by atoms with E-state index in [1.165, 1.54) is 0 Å². The molecular formula is C9H20N2O2. The van der Waals surface area contributed by atoms with E-state index in [9.17, 15) is 4.79 Å². The van der Waals surface area contributed by atoms with Gasteiger partial charge in [-0.25, -0.2) is 5.84 Å². The molecule has 0 aromatic carbocycles. The van der Waals surface area contributed by atoms with Crippen LogP contribution in [-0.2, 0) is 9.53 Å². The fraction of sp³-hybridized carbons (Fsp3) is 0.889. The van der Waals surface area contributed by atoms with Crippen molar-refractivity contribution in [1.29, 1.82) is 0 Å². The lowest BCUT2D eigenvalue weighted by molar-refractivity contribution is -0.121. The average molecular weight is 188 g/mol. The number of ether oxygens (including phenoxy) is 1. The highest BCUT2D eigenvalue weighted by atomic mass is 16.5. The molecule has 4 nitrogen and oxygen atoms in total. The molecule has 0 aromatic heterocycles. The number of nitrogens with one attached hydrogen (secondary N) is 1. The Morgan fingerprint density at radius 2 is 2.08 bits per heavy atom. The van der Waals surface area contributed by atoms with Crippen molar-refractivity contribution >= 4 is 5.91 Å². The topological polar surface area (TPSA) is 64.3 Å². The zero-order valence-electron chi connectivity index (χ0n) is 8.67. The molecule has 3 N–H and O–H groups in total. The minimum absolute atomic E-state index is 0.125. The number of carbonyl (C=O) groups is 1. The summed E-state index contributed by atoms with van der Waals surface area (Å²) in [6.45, 7) is 6.90. The molecule has 0 aromatic rings. The standard InChI is InChI=1S/C9H20N2O2/c1-7(2)6-13-8(3)4-5-9(12)11-10/h7-8H,4-6,10H2,1-3H3,(H,11,12). The summed E-state index contributed by atoms with van der Waals surface area (Å²) >= 11 is 0. The molecule has 13 heavy (non-hydrogen) atoms. The van der Waals surface area contributed by atoms with Crippen LogP contribution in [-0.4, -0.2) is 18.6 Å². The lowest BCUT2D eigenvalue weighted by Gasteiger charge is -2.13. The third-order valence-corrected chi connectivity index (χ3v) is 1.65. The highest BCUT2D eigenvalue weighted by Gasteiger charge is 2.06. The van der Waals surface area contributed by atoms with Gasteiger partial charge in [0.1, 0.15) is 0 Å². The van der Waals surface area contributed by atoms with Gasteiger partial charge in [0.15, 0.2) is 0 Å². The van der Waals surface area contributed by atoms with Crippen LogP contribution in [0.2, 0.25) is 0 Å². The van der Waals surface area contributed by atoms with Crippen LogP contribution in [0.25, 0.3) is 0 Å². The third kappa shape index (κ3) is 7.74. The van der Waals surface area contributed by atoms with Crippen molar-refractivity contribution in [3.8, 4) is 0 Å². The first kappa shape index (κ1) is 12.4. The molecule has 0 aliphatic rings. The fourth-order valence-electron chi connectivity index (χ4n) is 0.847. The Balaban J connectivity index is 3.40. The van der Waals surface area contributed by atoms with Gasteiger partial charge in [-0.15, -0.1) is 0 Å². The van der Waals surface area contributed by atoms with E-state index in [1.54, 1.807) is 0 Å². The maximum absolute atomic E-state index is 10.8. The van der Waals surface area contributed by atoms with E-state index in [4.69, 9.17) is 10.6 Å². The van der Waals surface area contributed by atoms with E-state index in [-0.39, 0.29) is 12.0 Å². The van der Waals surface area contributed by atoms with Crippen LogP contribution >= 0.6 is 0 Å². The Morgan fingerprint density at radius 3 is 2.54 bits per heavy atom. The molecule has 78 valence electrons. The molecule has 0 aliphatic heterocycles. The number of amides is 1. The predicted octanol–water partition coefficient (Wildman–Crippen LogP) is 0.818. The second-order valence-corrected chi connectivity index (χ2v) is 3.64. The maximum atomic E-state index is 10.8. The monoisotopic (exact) mass is 188 g/mol. The van der Waals surface area contributed by atoms with Crippen LogP contribution in [0.1, 0.15) is 33.6 Å². The van der Waals surface area contributed by atoms with E-state index in [0.29, 0.717) is 12.3 Å². The maximum Gasteiger partial charge on any atom is 0.233 e. The summed E-state index contributed by atoms with van der Waals surface area (Å²) in [5, 5.41) is 0. The van der Waals surface area contributed by atoms with Crippen molar-refractivity contribution in [3.63, 3.8) is 0 Å². The number of carbonyl (C=O) groups excluding carboxylic acids is 1. The van der Waals surface area contributed by atoms with Crippen molar-refractivity contribution in [3.05, 3.63) is 0 Å². The third-order valence-electron chi connectivity index (χ3n) is 1.65. The molecule has 1 atom stereocenters. The van der Waals surface area contributed by atoms with Crippen molar-refractivity contribution in [1.82, 2.24) is 5.43 Å². The molecule has 0 bridgehead atoms. The van der Waals surface area contributed by atoms with Crippen LogP contribution in [0.15, 0.2) is 0 Å². The number of nitrogens with two attached hydrogens (primary N) is 1. The largest absolute Gasteiger partial charge is 0.378 e. The van der Waals surface area contributed by atoms with Crippen molar-refractivity contribution < 1.29 is 9.53 Å². The van der Waals surface area contributed by atoms with Gasteiger partial charge in [0, 0.05) is 13.0 Å². The number of rotatable bonds is 6. The van der Waals surface area contributed by atoms with E-state index < -0.39 is 0 Å². The van der Waals surface area contributed by atoms with Crippen molar-refractivity contribution in [2.24, 2.45) is 11.8 Å². The van der Waals surface area contributed by atoms with Crippen LogP contribution < -0.4 is 11.3 Å². The van der Waals surface area contributed by atoms with E-state index in [2.05, 4.69) is 19.3 Å². The summed E-state index contributed by atoms with van der Waals surface area (Å²) in [5.74, 6) is 5.33. The quantitative estimate of drug-likeness (QED) is 0.368. The molecule has 0 fully saturated rings. The molecule has 1 unspecified atom stereocenters. The summed E-state index contributed by atoms with van der Waals surface area (Å²) in [5.41, 5.74) is 2.09. The normalized spacial score (nSPS) is 13.0. The van der Waals surface area contributed by atoms with Crippen LogP contribution in [0.5, 0.6) is 0 Å². The summed E-state index contributed by atoms with van der Waals surface area (Å²) in [6.07, 6.45) is 1.27. The molecule has 0 spiro atoms. The first-order chi connectivity index (χ1) is 6.06. The molecule has 0 saturated carbocycles. The van der Waals surface area contributed by atoms with Gasteiger partial charge >= 0.3 is 0 Å². The Labute approximate surface area is 79.8 Å². The second kappa shape index (κ2) is 6.86. The van der Waals surface area contributed by atoms with Gasteiger partial charge in [0.25, 0.3) is 0 Å². The van der Waals surface area contributed by atoms with E-state index in [0.717, 1.165) is 13.0 Å². The zero-order chi connectivity index (χ0) is 10.3. The molecule has 0 rings (SSSR count). The van der Waals surface area contributed by atoms with Gasteiger partial charge in [-0.3, -0.25) is 10.2 Å². The summed E-state index contributed by atoms with van der Waals surface area (Å²) in [7, 11) is 0. The van der Waals surface area contributed by atoms with Gasteiger partial charge < -0.3 is 4.74 Å². The Morgan fingerprint density at radius 1 is 1.46 bits per heavy atom. The van der Waals surface area contributed by atoms with Crippen LogP contribution in [0.3, 0.4) is 0 Å². The van der Waals surface area contributed by atoms with Crippen LogP contribution in [0.4, 0.5) is 0 Å². The lowest BCUT2D eigenvalue weighted by Crippen LogP contribution is -2.30. The molecule has 4 heteroatoms. The molecule has 0 saturated heterocycles. The van der Waals surface area contributed by atoms with Gasteiger partial charge in [0.2, 0.25) is 5.91 Å². The van der Waals surface area contributed by atoms with Gasteiger partial charge in [-0.2, -0.15) is 0 Å². The summed E-state index contributed by atoms with van der Waals surface area (Å²) in [6, 6.07) is 0.